The van der Waals surface area contributed by atoms with Crippen LogP contribution in [0.2, 0.25) is 0 Å². The highest BCUT2D eigenvalue weighted by molar-refractivity contribution is 5.99. The smallest absolute Gasteiger partial charge is 0.243 e. The van der Waals surface area contributed by atoms with Gasteiger partial charge in [0.2, 0.25) is 5.91 Å². The first-order chi connectivity index (χ1) is 7.63. The number of amides is 1. The Balaban J connectivity index is 2.36. The van der Waals surface area contributed by atoms with Crippen LogP contribution >= 0.6 is 0 Å². The highest BCUT2D eigenvalue weighted by Gasteiger charge is 2.29. The van der Waals surface area contributed by atoms with E-state index >= 15 is 0 Å². The Morgan fingerprint density at radius 3 is 2.88 bits per heavy atom. The zero-order chi connectivity index (χ0) is 11.7. The molecule has 5 heteroatoms. The molecule has 1 aliphatic rings. The van der Waals surface area contributed by atoms with Gasteiger partial charge in [-0.2, -0.15) is 5.26 Å². The van der Waals surface area contributed by atoms with Crippen molar-refractivity contribution in [3.63, 3.8) is 0 Å². The lowest BCUT2D eigenvalue weighted by atomic mass is 10.2. The predicted molar refractivity (Wildman–Crippen MR) is 56.1 cm³/mol. The molecule has 2 N–H and O–H groups in total. The Labute approximate surface area is 92.1 Å². The molecule has 1 amide bonds. The third-order valence-corrected chi connectivity index (χ3v) is 2.63. The van der Waals surface area contributed by atoms with Crippen LogP contribution < -0.4 is 10.6 Å². The van der Waals surface area contributed by atoms with Crippen molar-refractivity contribution in [3.8, 4) is 6.07 Å². The molecule has 0 aliphatic carbocycles. The summed E-state index contributed by atoms with van der Waals surface area (Å²) in [4.78, 5) is 13.1. The Kier molecular flexibility index (Phi) is 2.59. The van der Waals surface area contributed by atoms with Crippen molar-refractivity contribution in [2.75, 3.05) is 11.4 Å². The van der Waals surface area contributed by atoms with E-state index in [0.29, 0.717) is 18.7 Å². The molecular weight excluding hydrogens is 209 g/mol. The molecule has 0 spiro atoms. The predicted octanol–water partition coefficient (Wildman–Crippen LogP) is 0.761. The van der Waals surface area contributed by atoms with Crippen LogP contribution in [0.15, 0.2) is 18.2 Å². The lowest BCUT2D eigenvalue weighted by molar-refractivity contribution is -0.118. The number of rotatable bonds is 1. The summed E-state index contributed by atoms with van der Waals surface area (Å²) in [7, 11) is 0. The van der Waals surface area contributed by atoms with E-state index in [1.54, 1.807) is 6.07 Å². The maximum Gasteiger partial charge on any atom is 0.243 e. The van der Waals surface area contributed by atoms with E-state index in [4.69, 9.17) is 11.0 Å². The van der Waals surface area contributed by atoms with E-state index in [1.807, 2.05) is 0 Å². The average molecular weight is 219 g/mol. The van der Waals surface area contributed by atoms with Crippen LogP contribution in [0.1, 0.15) is 12.0 Å². The van der Waals surface area contributed by atoms with Gasteiger partial charge in [0.05, 0.1) is 11.6 Å². The van der Waals surface area contributed by atoms with Gasteiger partial charge in [0.1, 0.15) is 11.9 Å². The van der Waals surface area contributed by atoms with Crippen molar-refractivity contribution in [2.45, 2.75) is 12.5 Å². The molecule has 4 nitrogen and oxygen atoms in total. The minimum atomic E-state index is -0.581. The molecule has 1 heterocycles. The summed E-state index contributed by atoms with van der Waals surface area (Å²) in [5, 5.41) is 8.69. The van der Waals surface area contributed by atoms with Crippen molar-refractivity contribution in [2.24, 2.45) is 5.73 Å². The molecule has 1 aromatic rings. The number of nitrogens with zero attached hydrogens (tertiary/aromatic N) is 2. The van der Waals surface area contributed by atoms with Crippen molar-refractivity contribution >= 4 is 11.6 Å². The van der Waals surface area contributed by atoms with E-state index in [2.05, 4.69) is 0 Å². The zero-order valence-corrected chi connectivity index (χ0v) is 8.48. The number of hydrogen-bond acceptors (Lipinski definition) is 3. The van der Waals surface area contributed by atoms with Crippen LogP contribution in [-0.4, -0.2) is 18.5 Å². The van der Waals surface area contributed by atoms with Crippen LogP contribution in [-0.2, 0) is 4.79 Å². The molecule has 1 aliphatic heterocycles. The lowest BCUT2D eigenvalue weighted by Crippen LogP contribution is -2.33. The number of carbonyl (C=O) groups excluding carboxylic acids is 1. The molecule has 1 atom stereocenters. The van der Waals surface area contributed by atoms with Gasteiger partial charge in [-0.1, -0.05) is 0 Å². The van der Waals surface area contributed by atoms with Gasteiger partial charge < -0.3 is 10.6 Å². The fourth-order valence-electron chi connectivity index (χ4n) is 1.73. The first-order valence-corrected chi connectivity index (χ1v) is 4.90. The summed E-state index contributed by atoms with van der Waals surface area (Å²) < 4.78 is 13.1. The van der Waals surface area contributed by atoms with E-state index in [0.717, 1.165) is 0 Å². The molecule has 1 saturated heterocycles. The number of nitrogens with two attached hydrogens (primary N) is 1. The summed E-state index contributed by atoms with van der Waals surface area (Å²) in [5.74, 6) is -0.766. The Morgan fingerprint density at radius 2 is 2.31 bits per heavy atom. The molecule has 16 heavy (non-hydrogen) atoms. The second kappa shape index (κ2) is 3.91. The van der Waals surface area contributed by atoms with Gasteiger partial charge in [-0.3, -0.25) is 4.79 Å². The second-order valence-electron chi connectivity index (χ2n) is 3.66. The number of carbonyl (C=O) groups is 1. The van der Waals surface area contributed by atoms with E-state index in [9.17, 15) is 9.18 Å². The molecule has 1 unspecified atom stereocenters. The van der Waals surface area contributed by atoms with Crippen molar-refractivity contribution in [1.29, 1.82) is 5.26 Å². The lowest BCUT2D eigenvalue weighted by Gasteiger charge is -2.16. The SMILES string of the molecule is N#Cc1cc(N2CCC(N)C2=O)ccc1F. The molecule has 82 valence electrons. The maximum absolute atomic E-state index is 13.1. The summed E-state index contributed by atoms with van der Waals surface area (Å²) >= 11 is 0. The summed E-state index contributed by atoms with van der Waals surface area (Å²) in [5.41, 5.74) is 6.04. The van der Waals surface area contributed by atoms with Gasteiger partial charge in [0, 0.05) is 12.2 Å². The van der Waals surface area contributed by atoms with Gasteiger partial charge in [-0.25, -0.2) is 4.39 Å². The number of nitriles is 1. The van der Waals surface area contributed by atoms with Crippen LogP contribution in [0, 0.1) is 17.1 Å². The zero-order valence-electron chi connectivity index (χ0n) is 8.48. The molecule has 0 saturated carbocycles. The molecule has 1 aromatic carbocycles. The molecule has 1 fully saturated rings. The van der Waals surface area contributed by atoms with Gasteiger partial charge in [-0.05, 0) is 24.6 Å². The summed E-state index contributed by atoms with van der Waals surface area (Å²) in [6, 6.07) is 5.28. The standard InChI is InChI=1S/C11H10FN3O/c12-9-2-1-8(5-7(9)6-13)15-4-3-10(14)11(15)16/h1-2,5,10H,3-4,14H2. The molecule has 0 radical (unpaired) electrons. The van der Waals surface area contributed by atoms with Gasteiger partial charge in [-0.15, -0.1) is 0 Å². The second-order valence-corrected chi connectivity index (χ2v) is 3.66. The minimum Gasteiger partial charge on any atom is -0.320 e. The third kappa shape index (κ3) is 1.64. The highest BCUT2D eigenvalue weighted by Crippen LogP contribution is 2.23. The van der Waals surface area contributed by atoms with Crippen molar-refractivity contribution in [3.05, 3.63) is 29.6 Å². The average Bonchev–Trinajstić information content (AvgIpc) is 2.61. The summed E-state index contributed by atoms with van der Waals surface area (Å²) in [6.45, 7) is 0.510. The fourth-order valence-corrected chi connectivity index (χ4v) is 1.73. The van der Waals surface area contributed by atoms with Crippen LogP contribution in [0.4, 0.5) is 10.1 Å². The van der Waals surface area contributed by atoms with Crippen LogP contribution in [0.25, 0.3) is 0 Å². The first-order valence-electron chi connectivity index (χ1n) is 4.90. The number of anilines is 1. The van der Waals surface area contributed by atoms with Gasteiger partial charge in [0.15, 0.2) is 0 Å². The quantitative estimate of drug-likeness (QED) is 0.758. The normalized spacial score (nSPS) is 19.9. The molecule has 0 bridgehead atoms. The molecular formula is C11H10FN3O. The van der Waals surface area contributed by atoms with Crippen LogP contribution in [0.5, 0.6) is 0 Å². The Bertz CT molecular complexity index is 481. The van der Waals surface area contributed by atoms with Gasteiger partial charge >= 0.3 is 0 Å². The van der Waals surface area contributed by atoms with Crippen molar-refractivity contribution in [1.82, 2.24) is 0 Å². The van der Waals surface area contributed by atoms with Crippen molar-refractivity contribution < 1.29 is 9.18 Å². The fraction of sp³-hybridized carbons (Fsp3) is 0.273. The van der Waals surface area contributed by atoms with Crippen LogP contribution in [0.3, 0.4) is 0 Å². The van der Waals surface area contributed by atoms with Gasteiger partial charge in [0.25, 0.3) is 0 Å². The van der Waals surface area contributed by atoms with E-state index in [1.165, 1.54) is 23.1 Å². The minimum absolute atomic E-state index is 0.0641. The largest absolute Gasteiger partial charge is 0.320 e. The number of hydrogen-bond donors (Lipinski definition) is 1. The summed E-state index contributed by atoms with van der Waals surface area (Å²) in [6.07, 6.45) is 0.581. The van der Waals surface area contributed by atoms with E-state index in [-0.39, 0.29) is 11.5 Å². The monoisotopic (exact) mass is 219 g/mol. The molecule has 0 aromatic heterocycles. The number of benzene rings is 1. The number of halogens is 1. The highest BCUT2D eigenvalue weighted by atomic mass is 19.1. The topological polar surface area (TPSA) is 70.1 Å². The maximum atomic E-state index is 13.1. The van der Waals surface area contributed by atoms with E-state index < -0.39 is 11.9 Å². The Morgan fingerprint density at radius 1 is 1.56 bits per heavy atom. The first kappa shape index (κ1) is 10.6. The Hall–Kier alpha value is -1.93. The third-order valence-electron chi connectivity index (χ3n) is 2.63. The molecule has 2 rings (SSSR count).